The number of carbonyl (C=O) groups is 2. The number of nitrogens with zero attached hydrogens (tertiary/aromatic N) is 1. The molecule has 0 bridgehead atoms. The van der Waals surface area contributed by atoms with Gasteiger partial charge in [0, 0.05) is 32.0 Å². The Morgan fingerprint density at radius 3 is 2.42 bits per heavy atom. The second-order valence-electron chi connectivity index (χ2n) is 7.77. The molecule has 0 heterocycles. The van der Waals surface area contributed by atoms with Gasteiger partial charge in [-0.25, -0.2) is 0 Å². The van der Waals surface area contributed by atoms with E-state index >= 15 is 0 Å². The summed E-state index contributed by atoms with van der Waals surface area (Å²) in [4.78, 5) is 26.2. The molecule has 1 N–H and O–H groups in total. The van der Waals surface area contributed by atoms with Crippen LogP contribution < -0.4 is 14.8 Å². The molecule has 6 heteroatoms. The van der Waals surface area contributed by atoms with Gasteiger partial charge in [-0.3, -0.25) is 9.59 Å². The zero-order chi connectivity index (χ0) is 22.6. The fraction of sp³-hybridized carbons (Fsp3) is 0.440. The number of amides is 2. The third-order valence-electron chi connectivity index (χ3n) is 4.83. The third-order valence-corrected chi connectivity index (χ3v) is 4.83. The van der Waals surface area contributed by atoms with Gasteiger partial charge in [-0.15, -0.1) is 0 Å². The summed E-state index contributed by atoms with van der Waals surface area (Å²) in [7, 11) is 1.61. The number of nitrogens with one attached hydrogen (secondary N) is 1. The number of ether oxygens (including phenoxy) is 2. The molecule has 2 aromatic rings. The smallest absolute Gasteiger partial charge is 0.225 e. The van der Waals surface area contributed by atoms with E-state index in [0.29, 0.717) is 44.2 Å². The summed E-state index contributed by atoms with van der Waals surface area (Å²) in [5.41, 5.74) is 2.02. The second-order valence-corrected chi connectivity index (χ2v) is 7.77. The standard InChI is InChI=1S/C25H34N2O4/c1-5-9-24(28)26-14-15-27(25(29)19(2)3)17-21-12-13-22(23(16-21)30-4)31-18-20-10-7-6-8-11-20/h6-8,10-13,16,19H,5,9,14-15,17-18H2,1-4H3,(H,26,28). The summed E-state index contributed by atoms with van der Waals surface area (Å²) in [5.74, 6) is 1.22. The number of hydrogen-bond acceptors (Lipinski definition) is 4. The molecule has 0 saturated carbocycles. The average molecular weight is 427 g/mol. The molecule has 0 aliphatic rings. The Labute approximate surface area is 185 Å². The van der Waals surface area contributed by atoms with Gasteiger partial charge in [0.05, 0.1) is 7.11 Å². The first-order valence-electron chi connectivity index (χ1n) is 10.8. The van der Waals surface area contributed by atoms with Crippen LogP contribution in [0.4, 0.5) is 0 Å². The Morgan fingerprint density at radius 2 is 1.77 bits per heavy atom. The first kappa shape index (κ1) is 24.3. The van der Waals surface area contributed by atoms with Crippen LogP contribution in [0.15, 0.2) is 48.5 Å². The molecule has 0 aliphatic heterocycles. The fourth-order valence-electron chi connectivity index (χ4n) is 3.16. The van der Waals surface area contributed by atoms with Crippen molar-refractivity contribution in [1.82, 2.24) is 10.2 Å². The SMILES string of the molecule is CCCC(=O)NCCN(Cc1ccc(OCc2ccccc2)c(OC)c1)C(=O)C(C)C. The first-order chi connectivity index (χ1) is 14.9. The molecule has 0 saturated heterocycles. The maximum atomic E-state index is 12.7. The van der Waals surface area contributed by atoms with E-state index in [-0.39, 0.29) is 17.7 Å². The van der Waals surface area contributed by atoms with Crippen LogP contribution in [0.25, 0.3) is 0 Å². The maximum absolute atomic E-state index is 12.7. The Kier molecular flexibility index (Phi) is 9.88. The largest absolute Gasteiger partial charge is 0.493 e. The van der Waals surface area contributed by atoms with Crippen molar-refractivity contribution in [1.29, 1.82) is 0 Å². The van der Waals surface area contributed by atoms with Gasteiger partial charge < -0.3 is 19.7 Å². The van der Waals surface area contributed by atoms with Gasteiger partial charge in [-0.05, 0) is 29.7 Å². The van der Waals surface area contributed by atoms with E-state index in [1.54, 1.807) is 12.0 Å². The van der Waals surface area contributed by atoms with Crippen molar-refractivity contribution in [2.45, 2.75) is 46.8 Å². The van der Waals surface area contributed by atoms with E-state index in [2.05, 4.69) is 5.32 Å². The Bertz CT molecular complexity index is 837. The lowest BCUT2D eigenvalue weighted by molar-refractivity contribution is -0.135. The Hall–Kier alpha value is -3.02. The van der Waals surface area contributed by atoms with Crippen molar-refractivity contribution < 1.29 is 19.1 Å². The molecule has 0 atom stereocenters. The van der Waals surface area contributed by atoms with Crippen LogP contribution in [-0.2, 0) is 22.7 Å². The molecule has 0 spiro atoms. The topological polar surface area (TPSA) is 67.9 Å². The summed E-state index contributed by atoms with van der Waals surface area (Å²) in [5, 5.41) is 2.88. The van der Waals surface area contributed by atoms with Crippen LogP contribution in [0.5, 0.6) is 11.5 Å². The quantitative estimate of drug-likeness (QED) is 0.553. The highest BCUT2D eigenvalue weighted by atomic mass is 16.5. The van der Waals surface area contributed by atoms with E-state index < -0.39 is 0 Å². The van der Waals surface area contributed by atoms with Crippen LogP contribution in [0.2, 0.25) is 0 Å². The molecule has 0 unspecified atom stereocenters. The zero-order valence-electron chi connectivity index (χ0n) is 19.0. The van der Waals surface area contributed by atoms with Crippen molar-refractivity contribution in [2.75, 3.05) is 20.2 Å². The van der Waals surface area contributed by atoms with Gasteiger partial charge in [0.2, 0.25) is 11.8 Å². The van der Waals surface area contributed by atoms with Crippen molar-refractivity contribution in [3.05, 3.63) is 59.7 Å². The van der Waals surface area contributed by atoms with Gasteiger partial charge in [0.25, 0.3) is 0 Å². The molecule has 2 amide bonds. The van der Waals surface area contributed by atoms with Gasteiger partial charge >= 0.3 is 0 Å². The molecule has 2 rings (SSSR count). The summed E-state index contributed by atoms with van der Waals surface area (Å²) in [6.45, 7) is 7.52. The summed E-state index contributed by atoms with van der Waals surface area (Å²) < 4.78 is 11.4. The molecular formula is C25H34N2O4. The highest BCUT2D eigenvalue weighted by molar-refractivity contribution is 5.78. The summed E-state index contributed by atoms with van der Waals surface area (Å²) >= 11 is 0. The molecule has 2 aromatic carbocycles. The van der Waals surface area contributed by atoms with Crippen LogP contribution in [-0.4, -0.2) is 36.9 Å². The zero-order valence-corrected chi connectivity index (χ0v) is 19.0. The normalized spacial score (nSPS) is 10.6. The molecule has 0 radical (unpaired) electrons. The summed E-state index contributed by atoms with van der Waals surface area (Å²) in [6.07, 6.45) is 1.30. The lowest BCUT2D eigenvalue weighted by Crippen LogP contribution is -2.40. The molecule has 168 valence electrons. The van der Waals surface area contributed by atoms with Crippen molar-refractivity contribution in [3.63, 3.8) is 0 Å². The van der Waals surface area contributed by atoms with E-state index in [9.17, 15) is 9.59 Å². The van der Waals surface area contributed by atoms with Gasteiger partial charge in [0.15, 0.2) is 11.5 Å². The van der Waals surface area contributed by atoms with Crippen LogP contribution in [0.3, 0.4) is 0 Å². The lowest BCUT2D eigenvalue weighted by atomic mass is 10.1. The highest BCUT2D eigenvalue weighted by Gasteiger charge is 2.18. The van der Waals surface area contributed by atoms with Crippen LogP contribution in [0.1, 0.15) is 44.7 Å². The van der Waals surface area contributed by atoms with E-state index in [1.165, 1.54) is 0 Å². The van der Waals surface area contributed by atoms with E-state index in [4.69, 9.17) is 9.47 Å². The van der Waals surface area contributed by atoms with E-state index in [1.807, 2.05) is 69.3 Å². The predicted molar refractivity (Wildman–Crippen MR) is 122 cm³/mol. The third kappa shape index (κ3) is 7.96. The minimum Gasteiger partial charge on any atom is -0.493 e. The van der Waals surface area contributed by atoms with E-state index in [0.717, 1.165) is 17.5 Å². The van der Waals surface area contributed by atoms with Gasteiger partial charge in [-0.2, -0.15) is 0 Å². The predicted octanol–water partition coefficient (Wildman–Crippen LogP) is 4.18. The highest BCUT2D eigenvalue weighted by Crippen LogP contribution is 2.29. The first-order valence-corrected chi connectivity index (χ1v) is 10.8. The van der Waals surface area contributed by atoms with Crippen LogP contribution in [0, 0.1) is 5.92 Å². The van der Waals surface area contributed by atoms with Crippen molar-refractivity contribution in [2.24, 2.45) is 5.92 Å². The maximum Gasteiger partial charge on any atom is 0.225 e. The lowest BCUT2D eigenvalue weighted by Gasteiger charge is -2.25. The molecule has 0 aromatic heterocycles. The second kappa shape index (κ2) is 12.6. The van der Waals surface area contributed by atoms with Crippen molar-refractivity contribution >= 4 is 11.8 Å². The fourth-order valence-corrected chi connectivity index (χ4v) is 3.16. The number of benzene rings is 2. The van der Waals surface area contributed by atoms with Crippen molar-refractivity contribution in [3.8, 4) is 11.5 Å². The molecule has 0 fully saturated rings. The van der Waals surface area contributed by atoms with Gasteiger partial charge in [0.1, 0.15) is 6.61 Å². The monoisotopic (exact) mass is 426 g/mol. The number of carbonyl (C=O) groups excluding carboxylic acids is 2. The number of hydrogen-bond donors (Lipinski definition) is 1. The minimum atomic E-state index is -0.123. The molecule has 6 nitrogen and oxygen atoms in total. The molecule has 31 heavy (non-hydrogen) atoms. The molecular weight excluding hydrogens is 392 g/mol. The number of rotatable bonds is 12. The molecule has 0 aliphatic carbocycles. The average Bonchev–Trinajstić information content (AvgIpc) is 2.77. The van der Waals surface area contributed by atoms with Crippen LogP contribution >= 0.6 is 0 Å². The summed E-state index contributed by atoms with van der Waals surface area (Å²) in [6, 6.07) is 15.7. The Balaban J connectivity index is 2.05. The Morgan fingerprint density at radius 1 is 1.03 bits per heavy atom. The minimum absolute atomic E-state index is 0.0148. The number of methoxy groups -OCH3 is 1. The van der Waals surface area contributed by atoms with Gasteiger partial charge in [-0.1, -0.05) is 57.2 Å².